The van der Waals surface area contributed by atoms with Gasteiger partial charge in [0.15, 0.2) is 0 Å². The Labute approximate surface area is 332 Å². The first-order valence-electron chi connectivity index (χ1n) is 20.7. The quantitative estimate of drug-likeness (QED) is 0.165. The highest BCUT2D eigenvalue weighted by Gasteiger charge is 2.49. The summed E-state index contributed by atoms with van der Waals surface area (Å²) in [5.41, 5.74) is 11.6. The van der Waals surface area contributed by atoms with Crippen molar-refractivity contribution in [2.45, 2.75) is 50.4 Å². The van der Waals surface area contributed by atoms with Crippen LogP contribution in [0.1, 0.15) is 50.5 Å². The van der Waals surface area contributed by atoms with Gasteiger partial charge in [-0.2, -0.15) is 0 Å². The summed E-state index contributed by atoms with van der Waals surface area (Å²) >= 11 is 1.89. The van der Waals surface area contributed by atoms with Gasteiger partial charge in [-0.05, 0) is 127 Å². The van der Waals surface area contributed by atoms with E-state index in [0.29, 0.717) is 5.41 Å². The average Bonchev–Trinajstić information content (AvgIpc) is 3.70. The number of rotatable bonds is 6. The summed E-state index contributed by atoms with van der Waals surface area (Å²) in [6.07, 6.45) is 10.0. The minimum Gasteiger partial charge on any atom is -0.310 e. The van der Waals surface area contributed by atoms with E-state index in [2.05, 4.69) is 173 Å². The van der Waals surface area contributed by atoms with Crippen molar-refractivity contribution in [2.75, 3.05) is 4.90 Å². The number of fused-ring (bicyclic) bond motifs is 7. The van der Waals surface area contributed by atoms with Crippen LogP contribution in [-0.4, -0.2) is 4.57 Å². The Morgan fingerprint density at radius 1 is 0.482 bits per heavy atom. The van der Waals surface area contributed by atoms with Gasteiger partial charge in [-0.1, -0.05) is 116 Å². The fourth-order valence-electron chi connectivity index (χ4n) is 11.7. The molecule has 2 unspecified atom stereocenters. The number of nitrogens with zero attached hydrogens (tertiary/aromatic N) is 2. The van der Waals surface area contributed by atoms with Crippen molar-refractivity contribution in [1.29, 1.82) is 0 Å². The van der Waals surface area contributed by atoms with Gasteiger partial charge in [0.1, 0.15) is 0 Å². The Hall–Kier alpha value is -5.64. The maximum absolute atomic E-state index is 2.50. The zero-order valence-corrected chi connectivity index (χ0v) is 32.4. The zero-order valence-electron chi connectivity index (χ0n) is 31.6. The van der Waals surface area contributed by atoms with Crippen LogP contribution in [0.3, 0.4) is 0 Å². The van der Waals surface area contributed by atoms with E-state index in [1.165, 1.54) is 121 Å². The summed E-state index contributed by atoms with van der Waals surface area (Å²) in [4.78, 5) is 2.47. The number of anilines is 3. The fraction of sp³-hybridized carbons (Fsp3) is 0.208. The van der Waals surface area contributed by atoms with Crippen molar-refractivity contribution in [3.63, 3.8) is 0 Å². The number of hydrogen-bond acceptors (Lipinski definition) is 2. The average molecular weight is 741 g/mol. The second-order valence-corrected chi connectivity index (χ2v) is 18.2. The molecule has 4 saturated carbocycles. The lowest BCUT2D eigenvalue weighted by molar-refractivity contribution is 0.0984. The molecular weight excluding hydrogens is 697 g/mol. The van der Waals surface area contributed by atoms with Crippen molar-refractivity contribution in [3.8, 4) is 16.8 Å². The summed E-state index contributed by atoms with van der Waals surface area (Å²) in [6.45, 7) is 0. The van der Waals surface area contributed by atoms with Gasteiger partial charge in [-0.3, -0.25) is 0 Å². The molecule has 272 valence electrons. The van der Waals surface area contributed by atoms with Crippen LogP contribution in [-0.2, 0) is 5.41 Å². The summed E-state index contributed by atoms with van der Waals surface area (Å²) in [5, 5.41) is 5.24. The largest absolute Gasteiger partial charge is 0.310 e. The molecule has 4 fully saturated rings. The second kappa shape index (κ2) is 12.7. The van der Waals surface area contributed by atoms with Crippen LogP contribution in [0.4, 0.5) is 17.1 Å². The van der Waals surface area contributed by atoms with Crippen molar-refractivity contribution >= 4 is 70.4 Å². The molecule has 9 aromatic rings. The van der Waals surface area contributed by atoms with E-state index in [9.17, 15) is 0 Å². The summed E-state index contributed by atoms with van der Waals surface area (Å²) in [7, 11) is 0. The molecule has 0 N–H and O–H groups in total. The number of thiophene rings is 1. The molecule has 2 nitrogen and oxygen atoms in total. The minimum absolute atomic E-state index is 0.373. The lowest BCUT2D eigenvalue weighted by Crippen LogP contribution is -2.40. The van der Waals surface area contributed by atoms with Crippen LogP contribution in [0.15, 0.2) is 164 Å². The van der Waals surface area contributed by atoms with Gasteiger partial charge in [-0.15, -0.1) is 11.3 Å². The highest BCUT2D eigenvalue weighted by Crippen LogP contribution is 2.59. The topological polar surface area (TPSA) is 8.17 Å². The van der Waals surface area contributed by atoms with Gasteiger partial charge in [0.05, 0.1) is 16.7 Å². The number of benzene rings is 7. The molecule has 4 bridgehead atoms. The summed E-state index contributed by atoms with van der Waals surface area (Å²) in [6, 6.07) is 61.4. The Morgan fingerprint density at radius 2 is 1.04 bits per heavy atom. The van der Waals surface area contributed by atoms with E-state index in [1.54, 1.807) is 5.56 Å². The Morgan fingerprint density at radius 3 is 1.75 bits per heavy atom. The molecular formula is C53H44N2S. The first-order chi connectivity index (χ1) is 27.7. The molecule has 0 radical (unpaired) electrons. The SMILES string of the molecule is c1ccc(-n2c3ccccc3c3ccccc32)c(-c2ccc(N(c3ccc(C45CC6CC[C@H](C[C@@H](C6)C4)C5)cc3)c3ccc4c(c3)sc3ccccc34)cc2)c1. The summed E-state index contributed by atoms with van der Waals surface area (Å²) in [5.74, 6) is 2.77. The third-order valence-corrected chi connectivity index (χ3v) is 15.0. The third-order valence-electron chi connectivity index (χ3n) is 13.9. The van der Waals surface area contributed by atoms with E-state index in [1.807, 2.05) is 11.3 Å². The molecule has 56 heavy (non-hydrogen) atoms. The molecule has 0 amide bonds. The highest BCUT2D eigenvalue weighted by atomic mass is 32.1. The van der Waals surface area contributed by atoms with Gasteiger partial charge in [0, 0.05) is 53.6 Å². The van der Waals surface area contributed by atoms with Crippen LogP contribution in [0.2, 0.25) is 0 Å². The number of hydrogen-bond donors (Lipinski definition) is 0. The lowest BCUT2D eigenvalue weighted by Gasteiger charge is -2.49. The van der Waals surface area contributed by atoms with Crippen molar-refractivity contribution in [1.82, 2.24) is 4.57 Å². The van der Waals surface area contributed by atoms with Gasteiger partial charge < -0.3 is 9.47 Å². The molecule has 7 aromatic carbocycles. The molecule has 0 saturated heterocycles. The predicted octanol–water partition coefficient (Wildman–Crippen LogP) is 15.1. The normalized spacial score (nSPS) is 21.7. The molecule has 2 heterocycles. The van der Waals surface area contributed by atoms with E-state index >= 15 is 0 Å². The van der Waals surface area contributed by atoms with E-state index in [0.717, 1.165) is 17.8 Å². The second-order valence-electron chi connectivity index (χ2n) is 17.1. The van der Waals surface area contributed by atoms with Gasteiger partial charge >= 0.3 is 0 Å². The predicted molar refractivity (Wildman–Crippen MR) is 238 cm³/mol. The smallest absolute Gasteiger partial charge is 0.0541 e. The number of para-hydroxylation sites is 3. The monoisotopic (exact) mass is 740 g/mol. The fourth-order valence-corrected chi connectivity index (χ4v) is 12.8. The Balaban J connectivity index is 0.965. The molecule has 0 aliphatic heterocycles. The first kappa shape index (κ1) is 32.6. The third kappa shape index (κ3) is 5.13. The molecule has 4 aliphatic carbocycles. The lowest BCUT2D eigenvalue weighted by atomic mass is 9.56. The van der Waals surface area contributed by atoms with E-state index < -0.39 is 0 Å². The molecule has 13 rings (SSSR count). The standard InChI is InChI=1S/C53H44N2S/c1-5-13-48(55-49-14-6-2-10-44(49)45-11-3-7-15-50(45)55)43(9-1)38-19-23-40(24-20-38)54(42-27-28-47-46-12-4-8-16-51(46)56-52(47)31-42)41-25-21-39(22-26-41)53-32-35-17-18-36(33-53)30-37(29-35)34-53/h1-16,19-28,31,35-37H,17-18,29-30,32-34H2/t35-,36?,37+,53?/m1/s1. The van der Waals surface area contributed by atoms with E-state index in [-0.39, 0.29) is 0 Å². The minimum atomic E-state index is 0.373. The molecule has 2 aromatic heterocycles. The maximum atomic E-state index is 2.50. The van der Waals surface area contributed by atoms with Crippen LogP contribution >= 0.6 is 11.3 Å². The van der Waals surface area contributed by atoms with Gasteiger partial charge in [0.25, 0.3) is 0 Å². The maximum Gasteiger partial charge on any atom is 0.0541 e. The van der Waals surface area contributed by atoms with Crippen LogP contribution in [0, 0.1) is 17.8 Å². The zero-order chi connectivity index (χ0) is 36.8. The van der Waals surface area contributed by atoms with Gasteiger partial charge in [0.2, 0.25) is 0 Å². The molecule has 4 atom stereocenters. The molecule has 0 spiro atoms. The van der Waals surface area contributed by atoms with Crippen molar-refractivity contribution in [2.24, 2.45) is 17.8 Å². The van der Waals surface area contributed by atoms with Crippen molar-refractivity contribution < 1.29 is 0 Å². The Kier molecular flexibility index (Phi) is 7.39. The van der Waals surface area contributed by atoms with Crippen LogP contribution in [0.25, 0.3) is 58.8 Å². The van der Waals surface area contributed by atoms with Crippen molar-refractivity contribution in [3.05, 3.63) is 169 Å². The van der Waals surface area contributed by atoms with Crippen LogP contribution in [0.5, 0.6) is 0 Å². The van der Waals surface area contributed by atoms with Crippen LogP contribution < -0.4 is 4.90 Å². The molecule has 3 heteroatoms. The number of aromatic nitrogens is 1. The first-order valence-corrected chi connectivity index (χ1v) is 21.5. The Bertz CT molecular complexity index is 2860. The summed E-state index contributed by atoms with van der Waals surface area (Å²) < 4.78 is 5.11. The van der Waals surface area contributed by atoms with E-state index in [4.69, 9.17) is 0 Å². The molecule has 4 aliphatic rings. The highest BCUT2D eigenvalue weighted by molar-refractivity contribution is 7.25. The van der Waals surface area contributed by atoms with Gasteiger partial charge in [-0.25, -0.2) is 0 Å².